The lowest BCUT2D eigenvalue weighted by Crippen LogP contribution is -2.39. The van der Waals surface area contributed by atoms with Crippen molar-refractivity contribution >= 4 is 17.6 Å². The molecule has 0 bridgehead atoms. The van der Waals surface area contributed by atoms with Crippen molar-refractivity contribution in [3.63, 3.8) is 0 Å². The fourth-order valence-electron chi connectivity index (χ4n) is 3.20. The maximum Gasteiger partial charge on any atom is 0.260 e. The van der Waals surface area contributed by atoms with Crippen molar-refractivity contribution in [1.29, 1.82) is 0 Å². The molecule has 0 unspecified atom stereocenters. The van der Waals surface area contributed by atoms with Crippen LogP contribution in [0.25, 0.3) is 0 Å². The van der Waals surface area contributed by atoms with E-state index in [4.69, 9.17) is 0 Å². The number of rotatable bonds is 3. The van der Waals surface area contributed by atoms with Gasteiger partial charge < -0.3 is 5.32 Å². The highest BCUT2D eigenvalue weighted by atomic mass is 19.1. The summed E-state index contributed by atoms with van der Waals surface area (Å²) >= 11 is 0. The Morgan fingerprint density at radius 2 is 2.04 bits per heavy atom. The van der Waals surface area contributed by atoms with Gasteiger partial charge in [0.15, 0.2) is 6.17 Å². The minimum atomic E-state index is -0.612. The molecule has 0 spiro atoms. The summed E-state index contributed by atoms with van der Waals surface area (Å²) in [5, 5.41) is 6.18. The predicted octanol–water partition coefficient (Wildman–Crippen LogP) is 3.09. The van der Waals surface area contributed by atoms with E-state index in [0.29, 0.717) is 35.3 Å². The Balaban J connectivity index is 1.82. The molecule has 3 aromatic rings. The minimum Gasteiger partial charge on any atom is -0.326 e. The molecule has 8 heteroatoms. The number of nitrogens with zero attached hydrogens (tertiary/aromatic N) is 4. The molecule has 0 amide bonds. The number of guanidine groups is 1. The molecule has 3 heterocycles. The Labute approximate surface area is 161 Å². The molecule has 1 atom stereocenters. The quantitative estimate of drug-likeness (QED) is 0.732. The summed E-state index contributed by atoms with van der Waals surface area (Å²) in [7, 11) is 0. The highest BCUT2D eigenvalue weighted by molar-refractivity contribution is 6.03. The summed E-state index contributed by atoms with van der Waals surface area (Å²) in [6.07, 6.45) is 3.32. The average molecular weight is 378 g/mol. The second kappa shape index (κ2) is 7.22. The first-order valence-corrected chi connectivity index (χ1v) is 8.96. The molecule has 1 aromatic carbocycles. The Kier molecular flexibility index (Phi) is 4.60. The number of aliphatic imine (C=N–C) groups is 1. The first-order valence-electron chi connectivity index (χ1n) is 8.96. The molecule has 0 aliphatic carbocycles. The van der Waals surface area contributed by atoms with Crippen LogP contribution in [0.2, 0.25) is 0 Å². The maximum absolute atomic E-state index is 13.2. The summed E-state index contributed by atoms with van der Waals surface area (Å²) in [6, 6.07) is 9.60. The number of nitrogens with one attached hydrogen (secondary N) is 2. The lowest BCUT2D eigenvalue weighted by atomic mass is 10.1. The van der Waals surface area contributed by atoms with E-state index in [1.54, 1.807) is 35.2 Å². The third-order valence-corrected chi connectivity index (χ3v) is 4.58. The van der Waals surface area contributed by atoms with Crippen LogP contribution < -0.4 is 16.2 Å². The molecule has 1 aliphatic heterocycles. The molecule has 1 aliphatic rings. The van der Waals surface area contributed by atoms with E-state index in [1.807, 2.05) is 19.9 Å². The Morgan fingerprint density at radius 1 is 1.25 bits per heavy atom. The predicted molar refractivity (Wildman–Crippen MR) is 106 cm³/mol. The zero-order chi connectivity index (χ0) is 19.7. The first kappa shape index (κ1) is 17.8. The molecule has 2 aromatic heterocycles. The molecule has 142 valence electrons. The molecule has 7 nitrogen and oxygen atoms in total. The average Bonchev–Trinajstić information content (AvgIpc) is 2.70. The highest BCUT2D eigenvalue weighted by Gasteiger charge is 2.27. The zero-order valence-corrected chi connectivity index (χ0v) is 15.5. The summed E-state index contributed by atoms with van der Waals surface area (Å²) < 4.78 is 14.7. The Morgan fingerprint density at radius 3 is 2.71 bits per heavy atom. The van der Waals surface area contributed by atoms with Crippen LogP contribution in [0.3, 0.4) is 0 Å². The van der Waals surface area contributed by atoms with Gasteiger partial charge in [-0.15, -0.1) is 0 Å². The second-order valence-electron chi connectivity index (χ2n) is 6.42. The van der Waals surface area contributed by atoms with Crippen LogP contribution in [0, 0.1) is 12.7 Å². The maximum atomic E-state index is 13.2. The van der Waals surface area contributed by atoms with E-state index in [9.17, 15) is 9.18 Å². The van der Waals surface area contributed by atoms with Crippen LogP contribution in [-0.4, -0.2) is 20.5 Å². The Bertz CT molecular complexity index is 1090. The number of hydrogen-bond donors (Lipinski definition) is 2. The Hall–Kier alpha value is -3.55. The van der Waals surface area contributed by atoms with Crippen LogP contribution in [0.15, 0.2) is 58.6 Å². The monoisotopic (exact) mass is 378 g/mol. The van der Waals surface area contributed by atoms with Gasteiger partial charge >= 0.3 is 0 Å². The number of aromatic nitrogens is 3. The number of pyridine rings is 1. The molecule has 2 N–H and O–H groups in total. The van der Waals surface area contributed by atoms with Crippen molar-refractivity contribution in [2.45, 2.75) is 26.4 Å². The van der Waals surface area contributed by atoms with Gasteiger partial charge in [-0.1, -0.05) is 13.0 Å². The van der Waals surface area contributed by atoms with Gasteiger partial charge in [-0.25, -0.2) is 14.4 Å². The number of halogens is 1. The third-order valence-electron chi connectivity index (χ3n) is 4.58. The van der Waals surface area contributed by atoms with Crippen LogP contribution in [0.1, 0.15) is 29.9 Å². The van der Waals surface area contributed by atoms with Crippen molar-refractivity contribution < 1.29 is 4.39 Å². The van der Waals surface area contributed by atoms with E-state index < -0.39 is 6.17 Å². The number of aryl methyl sites for hydroxylation is 1. The molecule has 0 saturated carbocycles. The van der Waals surface area contributed by atoms with Gasteiger partial charge in [-0.3, -0.25) is 19.7 Å². The van der Waals surface area contributed by atoms with Crippen molar-refractivity contribution in [3.8, 4) is 0 Å². The van der Waals surface area contributed by atoms with Crippen molar-refractivity contribution in [1.82, 2.24) is 14.5 Å². The molecule has 28 heavy (non-hydrogen) atoms. The smallest absolute Gasteiger partial charge is 0.260 e. The van der Waals surface area contributed by atoms with E-state index in [-0.39, 0.29) is 11.4 Å². The largest absolute Gasteiger partial charge is 0.326 e. The second-order valence-corrected chi connectivity index (χ2v) is 6.42. The summed E-state index contributed by atoms with van der Waals surface area (Å²) in [5.41, 5.74) is 2.63. The van der Waals surface area contributed by atoms with E-state index >= 15 is 0 Å². The molecule has 0 radical (unpaired) electrons. The van der Waals surface area contributed by atoms with Crippen LogP contribution in [-0.2, 0) is 6.42 Å². The standard InChI is InChI=1S/C20H19FN6O/c1-3-16-12(2)23-20-26-19(24-15-8-6-14(21)7-9-15)25-17(27(20)18(16)28)13-5-4-10-22-11-13/h4-11,17H,3H2,1-2H3,(H2,23,24,25,26)/t17-/m1/s1. The lowest BCUT2D eigenvalue weighted by molar-refractivity contribution is 0.569. The number of benzene rings is 1. The van der Waals surface area contributed by atoms with Crippen molar-refractivity contribution in [2.24, 2.45) is 4.99 Å². The zero-order valence-electron chi connectivity index (χ0n) is 15.5. The van der Waals surface area contributed by atoms with Crippen LogP contribution >= 0.6 is 0 Å². The fraction of sp³-hybridized carbons (Fsp3) is 0.200. The molecular formula is C20H19FN6O. The van der Waals surface area contributed by atoms with Crippen molar-refractivity contribution in [3.05, 3.63) is 81.8 Å². The van der Waals surface area contributed by atoms with Gasteiger partial charge in [0.2, 0.25) is 11.9 Å². The van der Waals surface area contributed by atoms with Gasteiger partial charge in [-0.05, 0) is 43.7 Å². The van der Waals surface area contributed by atoms with E-state index in [1.165, 1.54) is 12.1 Å². The highest BCUT2D eigenvalue weighted by Crippen LogP contribution is 2.26. The third kappa shape index (κ3) is 3.24. The van der Waals surface area contributed by atoms with Gasteiger partial charge in [0.1, 0.15) is 5.82 Å². The fourth-order valence-corrected chi connectivity index (χ4v) is 3.20. The normalized spacial score (nSPS) is 15.4. The van der Waals surface area contributed by atoms with Crippen LogP contribution in [0.4, 0.5) is 16.0 Å². The number of fused-ring (bicyclic) bond motifs is 1. The summed E-state index contributed by atoms with van der Waals surface area (Å²) in [4.78, 5) is 26.5. The van der Waals surface area contributed by atoms with Gasteiger partial charge in [0.25, 0.3) is 5.56 Å². The molecule has 0 fully saturated rings. The summed E-state index contributed by atoms with van der Waals surface area (Å²) in [6.45, 7) is 3.75. The molecular weight excluding hydrogens is 359 g/mol. The number of anilines is 2. The summed E-state index contributed by atoms with van der Waals surface area (Å²) in [5.74, 6) is 0.489. The van der Waals surface area contributed by atoms with E-state index in [2.05, 4.69) is 25.6 Å². The molecule has 0 saturated heterocycles. The van der Waals surface area contributed by atoms with Crippen molar-refractivity contribution in [2.75, 3.05) is 10.6 Å². The van der Waals surface area contributed by atoms with Gasteiger partial charge in [0.05, 0.1) is 0 Å². The topological polar surface area (TPSA) is 84.2 Å². The SMILES string of the molecule is CCc1c(C)nc2n(c1=O)[C@H](c1cccnc1)N=C(Nc1ccc(F)cc1)N2. The van der Waals surface area contributed by atoms with Gasteiger partial charge in [0, 0.05) is 34.9 Å². The molecule has 4 rings (SSSR count). The lowest BCUT2D eigenvalue weighted by Gasteiger charge is -2.27. The van der Waals surface area contributed by atoms with Gasteiger partial charge in [-0.2, -0.15) is 0 Å². The first-order chi connectivity index (χ1) is 13.6. The number of hydrogen-bond acceptors (Lipinski definition) is 6. The van der Waals surface area contributed by atoms with E-state index in [0.717, 1.165) is 5.56 Å². The van der Waals surface area contributed by atoms with Crippen LogP contribution in [0.5, 0.6) is 0 Å². The minimum absolute atomic E-state index is 0.129.